The lowest BCUT2D eigenvalue weighted by Crippen LogP contribution is -2.10. The third-order valence-corrected chi connectivity index (χ3v) is 2.31. The molecule has 2 heteroatoms. The van der Waals surface area contributed by atoms with Crippen LogP contribution in [0.3, 0.4) is 0 Å². The van der Waals surface area contributed by atoms with Gasteiger partial charge in [0.1, 0.15) is 0 Å². The molecule has 0 saturated carbocycles. The van der Waals surface area contributed by atoms with Crippen LogP contribution < -0.4 is 0 Å². The van der Waals surface area contributed by atoms with Gasteiger partial charge in [0.25, 0.3) is 0 Å². The molecular weight excluding hydrogens is 160 g/mol. The Labute approximate surface area is 79.5 Å². The minimum Gasteiger partial charge on any atom is -0.278 e. The van der Waals surface area contributed by atoms with E-state index in [0.29, 0.717) is 0 Å². The Kier molecular flexibility index (Phi) is 1.65. The van der Waals surface area contributed by atoms with Crippen molar-refractivity contribution in [2.75, 3.05) is 0 Å². The first-order valence-electron chi connectivity index (χ1n) is 4.51. The van der Waals surface area contributed by atoms with Crippen LogP contribution in [0.4, 0.5) is 0 Å². The number of aromatic nitrogens is 2. The number of nitrogens with zero attached hydrogens (tertiary/aromatic N) is 1. The molecule has 0 aliphatic rings. The van der Waals surface area contributed by atoms with Crippen molar-refractivity contribution in [1.82, 2.24) is 10.2 Å². The van der Waals surface area contributed by atoms with Crippen molar-refractivity contribution in [3.63, 3.8) is 0 Å². The highest BCUT2D eigenvalue weighted by atomic mass is 15.1. The average Bonchev–Trinajstić information content (AvgIpc) is 2.47. The summed E-state index contributed by atoms with van der Waals surface area (Å²) in [5, 5.41) is 8.14. The Hall–Kier alpha value is -1.31. The molecular formula is C11H16N2. The van der Waals surface area contributed by atoms with Crippen molar-refractivity contribution < 1.29 is 1.43 Å². The Bertz CT molecular complexity index is 426. The maximum Gasteiger partial charge on any atom is 0.0650 e. The van der Waals surface area contributed by atoms with Crippen LogP contribution in [0.5, 0.6) is 0 Å². The molecule has 13 heavy (non-hydrogen) atoms. The summed E-state index contributed by atoms with van der Waals surface area (Å²) in [5.74, 6) is 0. The van der Waals surface area contributed by atoms with E-state index in [9.17, 15) is 0 Å². The molecule has 70 valence electrons. The maximum absolute atomic E-state index is 4.00. The summed E-state index contributed by atoms with van der Waals surface area (Å²) in [6, 6.07) is 6.43. The molecule has 0 radical (unpaired) electrons. The van der Waals surface area contributed by atoms with Crippen molar-refractivity contribution >= 4 is 10.9 Å². The van der Waals surface area contributed by atoms with Gasteiger partial charge in [-0.05, 0) is 23.1 Å². The first-order chi connectivity index (χ1) is 6.07. The highest BCUT2D eigenvalue weighted by Gasteiger charge is 2.13. The van der Waals surface area contributed by atoms with Crippen LogP contribution in [0.2, 0.25) is 0 Å². The number of fused-ring (bicyclic) bond motifs is 1. The molecule has 1 N–H and O–H groups in total. The van der Waals surface area contributed by atoms with E-state index in [-0.39, 0.29) is 6.84 Å². The first-order valence-corrected chi connectivity index (χ1v) is 4.51. The SMILES string of the molecule is CC(C)(C)c1ccc2[nH]ncc2c1.[HH]. The minimum absolute atomic E-state index is 0. The number of H-pyrrole nitrogens is 1. The Morgan fingerprint density at radius 1 is 1.31 bits per heavy atom. The number of nitrogens with one attached hydrogen (secondary N) is 1. The maximum atomic E-state index is 4.00. The van der Waals surface area contributed by atoms with Gasteiger partial charge in [-0.25, -0.2) is 0 Å². The lowest BCUT2D eigenvalue weighted by atomic mass is 9.86. The number of rotatable bonds is 0. The fourth-order valence-corrected chi connectivity index (χ4v) is 1.41. The van der Waals surface area contributed by atoms with E-state index in [1.54, 1.807) is 0 Å². The van der Waals surface area contributed by atoms with Gasteiger partial charge in [0.05, 0.1) is 11.7 Å². The highest BCUT2D eigenvalue weighted by Crippen LogP contribution is 2.24. The Morgan fingerprint density at radius 3 is 2.77 bits per heavy atom. The molecule has 0 bridgehead atoms. The van der Waals surface area contributed by atoms with Gasteiger partial charge >= 0.3 is 0 Å². The van der Waals surface area contributed by atoms with Gasteiger partial charge in [-0.15, -0.1) is 0 Å². The molecule has 0 aliphatic carbocycles. The van der Waals surface area contributed by atoms with Crippen LogP contribution in [-0.4, -0.2) is 10.2 Å². The van der Waals surface area contributed by atoms with Gasteiger partial charge in [-0.3, -0.25) is 5.10 Å². The van der Waals surface area contributed by atoms with Gasteiger partial charge in [0.2, 0.25) is 0 Å². The third-order valence-electron chi connectivity index (χ3n) is 2.31. The predicted octanol–water partition coefficient (Wildman–Crippen LogP) is 3.11. The molecule has 0 aliphatic heterocycles. The zero-order chi connectivity index (χ0) is 9.47. The summed E-state index contributed by atoms with van der Waals surface area (Å²) in [6.07, 6.45) is 1.87. The number of aromatic amines is 1. The molecule has 1 heterocycles. The number of benzene rings is 1. The molecule has 0 unspecified atom stereocenters. The third kappa shape index (κ3) is 1.44. The van der Waals surface area contributed by atoms with E-state index in [1.165, 1.54) is 10.9 Å². The van der Waals surface area contributed by atoms with E-state index in [0.717, 1.165) is 5.52 Å². The fourth-order valence-electron chi connectivity index (χ4n) is 1.41. The fraction of sp³-hybridized carbons (Fsp3) is 0.364. The van der Waals surface area contributed by atoms with Crippen LogP contribution in [0.1, 0.15) is 27.8 Å². The van der Waals surface area contributed by atoms with Gasteiger partial charge < -0.3 is 0 Å². The van der Waals surface area contributed by atoms with Crippen LogP contribution >= 0.6 is 0 Å². The molecule has 0 fully saturated rings. The van der Waals surface area contributed by atoms with E-state index in [4.69, 9.17) is 0 Å². The smallest absolute Gasteiger partial charge is 0.0650 e. The topological polar surface area (TPSA) is 28.7 Å². The standard InChI is InChI=1S/C11H14N2.H2/c1-11(2,3)9-4-5-10-8(6-9)7-12-13-10;/h4-7H,1-3H3,(H,12,13);1H. The molecule has 0 spiro atoms. The molecule has 2 rings (SSSR count). The summed E-state index contributed by atoms with van der Waals surface area (Å²) in [5.41, 5.74) is 2.67. The van der Waals surface area contributed by atoms with Gasteiger partial charge in [0.15, 0.2) is 0 Å². The normalized spacial score (nSPS) is 12.2. The van der Waals surface area contributed by atoms with Crippen LogP contribution in [0.15, 0.2) is 24.4 Å². The summed E-state index contributed by atoms with van der Waals surface area (Å²) in [6.45, 7) is 6.65. The molecule has 2 aromatic rings. The van der Waals surface area contributed by atoms with Crippen molar-refractivity contribution in [1.29, 1.82) is 0 Å². The zero-order valence-electron chi connectivity index (χ0n) is 8.26. The molecule has 2 nitrogen and oxygen atoms in total. The molecule has 0 saturated heterocycles. The van der Waals surface area contributed by atoms with Crippen molar-refractivity contribution in [2.45, 2.75) is 26.2 Å². The lowest BCUT2D eigenvalue weighted by Gasteiger charge is -2.18. The van der Waals surface area contributed by atoms with Crippen molar-refractivity contribution in [3.8, 4) is 0 Å². The summed E-state index contributed by atoms with van der Waals surface area (Å²) >= 11 is 0. The Balaban J connectivity index is 0.000000980. The molecule has 0 atom stereocenters. The van der Waals surface area contributed by atoms with Crippen molar-refractivity contribution in [2.24, 2.45) is 0 Å². The van der Waals surface area contributed by atoms with E-state index < -0.39 is 0 Å². The van der Waals surface area contributed by atoms with Gasteiger partial charge in [-0.1, -0.05) is 26.8 Å². The summed E-state index contributed by atoms with van der Waals surface area (Å²) in [4.78, 5) is 0. The monoisotopic (exact) mass is 176 g/mol. The summed E-state index contributed by atoms with van der Waals surface area (Å²) in [7, 11) is 0. The second-order valence-electron chi connectivity index (χ2n) is 4.42. The van der Waals surface area contributed by atoms with Crippen molar-refractivity contribution in [3.05, 3.63) is 30.0 Å². The average molecular weight is 176 g/mol. The van der Waals surface area contributed by atoms with E-state index in [1.807, 2.05) is 6.20 Å². The zero-order valence-corrected chi connectivity index (χ0v) is 8.26. The van der Waals surface area contributed by atoms with Gasteiger partial charge in [0, 0.05) is 6.81 Å². The van der Waals surface area contributed by atoms with Crippen LogP contribution in [0.25, 0.3) is 10.9 Å². The van der Waals surface area contributed by atoms with Crippen LogP contribution in [0, 0.1) is 0 Å². The number of hydrogen-bond acceptors (Lipinski definition) is 1. The second kappa shape index (κ2) is 2.59. The molecule has 1 aromatic carbocycles. The molecule has 1 aromatic heterocycles. The molecule has 0 amide bonds. The predicted molar refractivity (Wildman–Crippen MR) is 56.9 cm³/mol. The quantitative estimate of drug-likeness (QED) is 0.656. The van der Waals surface area contributed by atoms with Gasteiger partial charge in [-0.2, -0.15) is 5.10 Å². The second-order valence-corrected chi connectivity index (χ2v) is 4.42. The minimum atomic E-state index is 0. The van der Waals surface area contributed by atoms with E-state index in [2.05, 4.69) is 49.2 Å². The lowest BCUT2D eigenvalue weighted by molar-refractivity contribution is 0.591. The summed E-state index contributed by atoms with van der Waals surface area (Å²) < 4.78 is 0. The largest absolute Gasteiger partial charge is 0.278 e. The highest BCUT2D eigenvalue weighted by molar-refractivity contribution is 5.78. The first kappa shape index (κ1) is 8.30. The van der Waals surface area contributed by atoms with Crippen LogP contribution in [-0.2, 0) is 5.41 Å². The Morgan fingerprint density at radius 2 is 2.08 bits per heavy atom. The number of hydrogen-bond donors (Lipinski definition) is 1. The van der Waals surface area contributed by atoms with E-state index >= 15 is 0 Å².